The quantitative estimate of drug-likeness (QED) is 0.414. The van der Waals surface area contributed by atoms with Crippen molar-refractivity contribution in [3.8, 4) is 6.07 Å². The molecule has 156 valence electrons. The van der Waals surface area contributed by atoms with Gasteiger partial charge in [0.25, 0.3) is 0 Å². The second kappa shape index (κ2) is 7.99. The number of esters is 3. The van der Waals surface area contributed by atoms with Crippen LogP contribution in [0.2, 0.25) is 0 Å². The summed E-state index contributed by atoms with van der Waals surface area (Å²) in [5, 5.41) is 9.96. The number of hydrogen-bond donors (Lipinski definition) is 0. The Morgan fingerprint density at radius 1 is 1.10 bits per heavy atom. The summed E-state index contributed by atoms with van der Waals surface area (Å²) in [6.45, 7) is 0. The van der Waals surface area contributed by atoms with Gasteiger partial charge in [-0.2, -0.15) is 5.26 Å². The van der Waals surface area contributed by atoms with Crippen LogP contribution in [-0.2, 0) is 28.6 Å². The molecule has 8 nitrogen and oxygen atoms in total. The average molecular weight is 414 g/mol. The van der Waals surface area contributed by atoms with Gasteiger partial charge in [-0.05, 0) is 17.7 Å². The third-order valence-corrected chi connectivity index (χ3v) is 5.50. The van der Waals surface area contributed by atoms with Crippen molar-refractivity contribution < 1.29 is 33.0 Å². The highest BCUT2D eigenvalue weighted by atomic mass is 19.1. The number of benzene rings is 1. The Balaban J connectivity index is 2.33. The van der Waals surface area contributed by atoms with Crippen LogP contribution in [0.4, 0.5) is 4.39 Å². The van der Waals surface area contributed by atoms with Crippen molar-refractivity contribution in [1.29, 1.82) is 5.26 Å². The van der Waals surface area contributed by atoms with E-state index in [9.17, 15) is 24.0 Å². The highest BCUT2D eigenvalue weighted by molar-refractivity contribution is 6.04. The number of nitriles is 1. The first kappa shape index (κ1) is 21.0. The van der Waals surface area contributed by atoms with Gasteiger partial charge in [0.15, 0.2) is 5.41 Å². The molecule has 2 aliphatic heterocycles. The first-order valence-corrected chi connectivity index (χ1v) is 8.95. The molecule has 0 saturated carbocycles. The molecule has 0 aromatic heterocycles. The molecular weight excluding hydrogens is 395 g/mol. The van der Waals surface area contributed by atoms with Crippen molar-refractivity contribution in [2.45, 2.75) is 18.0 Å². The van der Waals surface area contributed by atoms with Crippen LogP contribution < -0.4 is 0 Å². The van der Waals surface area contributed by atoms with Crippen LogP contribution in [-0.4, -0.2) is 56.2 Å². The van der Waals surface area contributed by atoms with Crippen LogP contribution in [0, 0.1) is 22.6 Å². The minimum atomic E-state index is -2.08. The smallest absolute Gasteiger partial charge is 0.339 e. The predicted molar refractivity (Wildman–Crippen MR) is 99.9 cm³/mol. The molecule has 0 spiro atoms. The van der Waals surface area contributed by atoms with E-state index >= 15 is 0 Å². The Bertz CT molecular complexity index is 979. The minimum absolute atomic E-state index is 0.0179. The molecule has 0 N–H and O–H groups in total. The molecule has 0 aliphatic carbocycles. The number of hydrogen-bond acceptors (Lipinski definition) is 8. The second-order valence-electron chi connectivity index (χ2n) is 6.75. The van der Waals surface area contributed by atoms with E-state index in [0.29, 0.717) is 0 Å². The largest absolute Gasteiger partial charge is 0.468 e. The summed E-state index contributed by atoms with van der Waals surface area (Å²) in [7, 11) is 3.39. The van der Waals surface area contributed by atoms with E-state index in [0.717, 1.165) is 14.2 Å². The summed E-state index contributed by atoms with van der Waals surface area (Å²) >= 11 is 0. The lowest BCUT2D eigenvalue weighted by Gasteiger charge is -2.34. The molecule has 0 bridgehead atoms. The van der Waals surface area contributed by atoms with Gasteiger partial charge in [0.2, 0.25) is 0 Å². The molecule has 30 heavy (non-hydrogen) atoms. The molecule has 3 rings (SSSR count). The van der Waals surface area contributed by atoms with Gasteiger partial charge in [-0.25, -0.2) is 9.18 Å². The lowest BCUT2D eigenvalue weighted by Crippen LogP contribution is -2.52. The molecule has 1 aromatic carbocycles. The number of rotatable bonds is 4. The van der Waals surface area contributed by atoms with Crippen molar-refractivity contribution in [3.63, 3.8) is 0 Å². The second-order valence-corrected chi connectivity index (χ2v) is 6.75. The number of carbonyl (C=O) groups is 3. The molecule has 0 amide bonds. The Hall–Kier alpha value is -3.67. The molecule has 0 unspecified atom stereocenters. The van der Waals surface area contributed by atoms with Crippen molar-refractivity contribution in [2.75, 3.05) is 21.3 Å². The Kier molecular flexibility index (Phi) is 5.60. The van der Waals surface area contributed by atoms with Crippen LogP contribution in [0.1, 0.15) is 11.5 Å². The fourth-order valence-electron chi connectivity index (χ4n) is 4.26. The van der Waals surface area contributed by atoms with Gasteiger partial charge < -0.3 is 19.1 Å². The third-order valence-electron chi connectivity index (χ3n) is 5.50. The predicted octanol–water partition coefficient (Wildman–Crippen LogP) is 1.44. The van der Waals surface area contributed by atoms with Crippen molar-refractivity contribution in [3.05, 3.63) is 59.6 Å². The lowest BCUT2D eigenvalue weighted by atomic mass is 9.67. The summed E-state index contributed by atoms with van der Waals surface area (Å²) in [6.07, 6.45) is 4.13. The van der Waals surface area contributed by atoms with Crippen LogP contribution >= 0.6 is 0 Å². The van der Waals surface area contributed by atoms with E-state index in [1.165, 1.54) is 54.6 Å². The number of halogens is 1. The van der Waals surface area contributed by atoms with E-state index in [2.05, 4.69) is 0 Å². The summed E-state index contributed by atoms with van der Waals surface area (Å²) in [6, 6.07) is 5.37. The van der Waals surface area contributed by atoms with Gasteiger partial charge in [-0.15, -0.1) is 0 Å². The highest BCUT2D eigenvalue weighted by Crippen LogP contribution is 2.54. The third kappa shape index (κ3) is 2.84. The molecule has 3 atom stereocenters. The number of fused-ring (bicyclic) bond motifs is 1. The van der Waals surface area contributed by atoms with Gasteiger partial charge in [0.05, 0.1) is 44.9 Å². The first-order chi connectivity index (χ1) is 14.4. The van der Waals surface area contributed by atoms with Crippen molar-refractivity contribution >= 4 is 17.9 Å². The minimum Gasteiger partial charge on any atom is -0.468 e. The van der Waals surface area contributed by atoms with E-state index in [-0.39, 0.29) is 11.1 Å². The maximum absolute atomic E-state index is 14.8. The summed E-state index contributed by atoms with van der Waals surface area (Å²) < 4.78 is 29.4. The summed E-state index contributed by atoms with van der Waals surface area (Å²) in [5.74, 6) is -4.59. The maximum Gasteiger partial charge on any atom is 0.339 e. The fourth-order valence-corrected chi connectivity index (χ4v) is 4.26. The molecular formula is C21H19FN2O6. The number of ether oxygens (including phenoxy) is 3. The SMILES string of the molecule is COC(=O)C1=CN2[C@@H](C=C1)C(C(=O)OC)(C(=O)OC)[C@@H](c1ccccc1F)[C@@H]2C#N. The molecule has 1 fully saturated rings. The van der Waals surface area contributed by atoms with Crippen molar-refractivity contribution in [1.82, 2.24) is 4.90 Å². The number of methoxy groups -OCH3 is 3. The van der Waals surface area contributed by atoms with Crippen LogP contribution in [0.5, 0.6) is 0 Å². The topological polar surface area (TPSA) is 106 Å². The summed E-state index contributed by atoms with van der Waals surface area (Å²) in [5.41, 5.74) is -2.00. The van der Waals surface area contributed by atoms with Gasteiger partial charge >= 0.3 is 17.9 Å². The van der Waals surface area contributed by atoms with E-state index in [1.807, 2.05) is 6.07 Å². The monoisotopic (exact) mass is 414 g/mol. The van der Waals surface area contributed by atoms with Gasteiger partial charge in [0, 0.05) is 6.20 Å². The van der Waals surface area contributed by atoms with Gasteiger partial charge in [-0.3, -0.25) is 9.59 Å². The van der Waals surface area contributed by atoms with Crippen LogP contribution in [0.15, 0.2) is 48.2 Å². The van der Waals surface area contributed by atoms with E-state index in [1.54, 1.807) is 0 Å². The van der Waals surface area contributed by atoms with Gasteiger partial charge in [-0.1, -0.05) is 24.3 Å². The fraction of sp³-hybridized carbons (Fsp3) is 0.333. The molecule has 1 aromatic rings. The Morgan fingerprint density at radius 3 is 2.27 bits per heavy atom. The number of carbonyl (C=O) groups excluding carboxylic acids is 3. The summed E-state index contributed by atoms with van der Waals surface area (Å²) in [4.78, 5) is 39.6. The molecule has 2 heterocycles. The maximum atomic E-state index is 14.8. The zero-order valence-corrected chi connectivity index (χ0v) is 16.5. The molecule has 0 radical (unpaired) electrons. The highest BCUT2D eigenvalue weighted by Gasteiger charge is 2.70. The average Bonchev–Trinajstić information content (AvgIpc) is 3.07. The van der Waals surface area contributed by atoms with E-state index < -0.39 is 47.1 Å². The zero-order chi connectivity index (χ0) is 22.1. The Labute approximate surface area is 172 Å². The van der Waals surface area contributed by atoms with E-state index in [4.69, 9.17) is 14.2 Å². The normalized spacial score (nSPS) is 23.6. The zero-order valence-electron chi connectivity index (χ0n) is 16.5. The molecule has 2 aliphatic rings. The number of nitrogens with zero attached hydrogens (tertiary/aromatic N) is 2. The lowest BCUT2D eigenvalue weighted by molar-refractivity contribution is -0.171. The Morgan fingerprint density at radius 2 is 1.73 bits per heavy atom. The van der Waals surface area contributed by atoms with Gasteiger partial charge in [0.1, 0.15) is 11.9 Å². The van der Waals surface area contributed by atoms with Crippen LogP contribution in [0.3, 0.4) is 0 Å². The standard InChI is InChI=1S/C21H19FN2O6/c1-28-18(25)12-8-9-16-21(19(26)29-2,20(27)30-3)17(15(10-23)24(16)11-12)13-6-4-5-7-14(13)22/h4-9,11,15-17H,1-3H3/t15-,16-,17-/m0/s1. The van der Waals surface area contributed by atoms with Crippen LogP contribution in [0.25, 0.3) is 0 Å². The first-order valence-electron chi connectivity index (χ1n) is 8.95. The molecule has 9 heteroatoms. The molecule has 1 saturated heterocycles. The van der Waals surface area contributed by atoms with Crippen molar-refractivity contribution in [2.24, 2.45) is 5.41 Å².